The second-order valence-corrected chi connectivity index (χ2v) is 17.0. The number of hydrogen-bond donors (Lipinski definition) is 3. The summed E-state index contributed by atoms with van der Waals surface area (Å²) in [5.74, 6) is 2.64. The Morgan fingerprint density at radius 3 is 2.17 bits per heavy atom. The number of nitrogens with zero attached hydrogens (tertiary/aromatic N) is 3. The van der Waals surface area contributed by atoms with E-state index in [1.807, 2.05) is 24.3 Å². The number of anilines is 3. The highest BCUT2D eigenvalue weighted by Crippen LogP contribution is 2.57. The van der Waals surface area contributed by atoms with Crippen molar-refractivity contribution >= 4 is 28.9 Å². The van der Waals surface area contributed by atoms with Gasteiger partial charge in [-0.15, -0.1) is 0 Å². The molecule has 0 spiro atoms. The summed E-state index contributed by atoms with van der Waals surface area (Å²) in [7, 11) is 3.37. The minimum atomic E-state index is -0.350. The highest BCUT2D eigenvalue weighted by molar-refractivity contribution is 6.03. The summed E-state index contributed by atoms with van der Waals surface area (Å²) in [5.41, 5.74) is 9.66. The van der Waals surface area contributed by atoms with E-state index < -0.39 is 0 Å². The van der Waals surface area contributed by atoms with Gasteiger partial charge in [0.15, 0.2) is 23.2 Å². The van der Waals surface area contributed by atoms with Gasteiger partial charge in [0.1, 0.15) is 11.5 Å². The summed E-state index contributed by atoms with van der Waals surface area (Å²) in [6.45, 7) is 15.0. The van der Waals surface area contributed by atoms with Gasteiger partial charge in [0.25, 0.3) is 0 Å². The first-order valence-corrected chi connectivity index (χ1v) is 18.8. The third-order valence-electron chi connectivity index (χ3n) is 11.6. The highest BCUT2D eigenvalue weighted by atomic mass is 16.5. The largest absolute Gasteiger partial charge is 0.496 e. The molecule has 2 aromatic heterocycles. The Bertz CT molecular complexity index is 2230. The molecule has 8 rings (SSSR count). The fourth-order valence-electron chi connectivity index (χ4n) is 9.36. The summed E-state index contributed by atoms with van der Waals surface area (Å²) < 4.78 is 12.2. The average molecular weight is 715 g/mol. The monoisotopic (exact) mass is 714 g/mol. The van der Waals surface area contributed by atoms with Crippen LogP contribution in [0.5, 0.6) is 11.5 Å². The van der Waals surface area contributed by atoms with Gasteiger partial charge in [-0.25, -0.2) is 0 Å². The van der Waals surface area contributed by atoms with Crippen LogP contribution in [0.15, 0.2) is 65.0 Å². The second kappa shape index (κ2) is 12.5. The molecule has 53 heavy (non-hydrogen) atoms. The van der Waals surface area contributed by atoms with Crippen LogP contribution in [0.3, 0.4) is 0 Å². The first-order valence-electron chi connectivity index (χ1n) is 18.8. The Morgan fingerprint density at radius 2 is 1.47 bits per heavy atom. The van der Waals surface area contributed by atoms with Gasteiger partial charge < -0.3 is 14.8 Å². The number of fused-ring (bicyclic) bond motifs is 2. The number of ketones is 2. The van der Waals surface area contributed by atoms with E-state index in [0.29, 0.717) is 25.0 Å². The Morgan fingerprint density at radius 1 is 0.811 bits per heavy atom. The molecule has 3 N–H and O–H groups in total. The molecule has 0 saturated heterocycles. The van der Waals surface area contributed by atoms with Crippen LogP contribution in [0, 0.1) is 10.8 Å². The molecule has 2 atom stereocenters. The number of methoxy groups -OCH3 is 2. The van der Waals surface area contributed by atoms with Gasteiger partial charge in [0, 0.05) is 86.9 Å². The number of nitrogens with one attached hydrogen (secondary N) is 3. The van der Waals surface area contributed by atoms with E-state index in [0.717, 1.165) is 92.1 Å². The van der Waals surface area contributed by atoms with Gasteiger partial charge in [0.2, 0.25) is 0 Å². The number of para-hydroxylation sites is 1. The Kier molecular flexibility index (Phi) is 8.23. The molecule has 10 nitrogen and oxygen atoms in total. The number of carbonyl (C=O) groups is 2. The quantitative estimate of drug-likeness (QED) is 0.173. The molecule has 276 valence electrons. The van der Waals surface area contributed by atoms with Crippen LogP contribution in [0.4, 0.5) is 17.3 Å². The minimum absolute atomic E-state index is 0.122. The van der Waals surface area contributed by atoms with Gasteiger partial charge in [-0.2, -0.15) is 10.2 Å². The molecular weight excluding hydrogens is 665 g/mol. The summed E-state index contributed by atoms with van der Waals surface area (Å²) >= 11 is 0. The van der Waals surface area contributed by atoms with E-state index in [1.165, 1.54) is 0 Å². The van der Waals surface area contributed by atoms with Crippen molar-refractivity contribution in [3.05, 3.63) is 98.6 Å². The summed E-state index contributed by atoms with van der Waals surface area (Å²) in [6, 6.07) is 14.2. The van der Waals surface area contributed by atoms with E-state index in [1.54, 1.807) is 14.2 Å². The van der Waals surface area contributed by atoms with Crippen LogP contribution in [0.25, 0.3) is 0 Å². The number of aromatic amines is 2. The van der Waals surface area contributed by atoms with Crippen molar-refractivity contribution in [3.63, 3.8) is 0 Å². The van der Waals surface area contributed by atoms with E-state index in [2.05, 4.69) is 92.2 Å². The normalized spacial score (nSPS) is 21.6. The lowest BCUT2D eigenvalue weighted by molar-refractivity contribution is -0.119. The molecule has 2 unspecified atom stereocenters. The topological polar surface area (TPSA) is 125 Å². The smallest absolute Gasteiger partial charge is 0.163 e. The van der Waals surface area contributed by atoms with Crippen LogP contribution in [-0.2, 0) is 16.0 Å². The fourth-order valence-corrected chi connectivity index (χ4v) is 9.36. The number of rotatable bonds is 7. The maximum absolute atomic E-state index is 14.5. The zero-order chi connectivity index (χ0) is 37.6. The standard InChI is InChI=1S/C43H50N6O4/c1-10-26-36-33(35-27(44-40(36)47-45-26)18-42(4,5)20-29(35)50)25-16-15-23(17-32(25)53-9)49-28-19-43(6,7)21-30(51)37(28)34(24-13-11-12-14-31(24)52-8)38-39(22(2)3)46-48-41(38)49/h11-17,22,33-34H,10,18-21H2,1-9H3,(H,46,48)(H2,44,45,47). The lowest BCUT2D eigenvalue weighted by Gasteiger charge is -2.43. The van der Waals surface area contributed by atoms with Crippen molar-refractivity contribution in [3.8, 4) is 11.5 Å². The summed E-state index contributed by atoms with van der Waals surface area (Å²) in [4.78, 5) is 30.8. The molecule has 0 amide bonds. The molecule has 0 fully saturated rings. The van der Waals surface area contributed by atoms with Crippen molar-refractivity contribution in [2.45, 2.75) is 98.3 Å². The van der Waals surface area contributed by atoms with Crippen LogP contribution in [0.2, 0.25) is 0 Å². The van der Waals surface area contributed by atoms with Gasteiger partial charge in [-0.3, -0.25) is 24.7 Å². The number of H-pyrrole nitrogens is 2. The Balaban J connectivity index is 1.35. The zero-order valence-electron chi connectivity index (χ0n) is 32.3. The van der Waals surface area contributed by atoms with Crippen LogP contribution in [-0.4, -0.2) is 46.2 Å². The number of aryl methyl sites for hydroxylation is 1. The van der Waals surface area contributed by atoms with Crippen LogP contribution < -0.4 is 19.7 Å². The molecule has 0 radical (unpaired) electrons. The van der Waals surface area contributed by atoms with E-state index in [9.17, 15) is 9.59 Å². The van der Waals surface area contributed by atoms with Crippen molar-refractivity contribution in [2.24, 2.45) is 10.8 Å². The predicted molar refractivity (Wildman–Crippen MR) is 206 cm³/mol. The highest BCUT2D eigenvalue weighted by Gasteiger charge is 2.48. The zero-order valence-corrected chi connectivity index (χ0v) is 32.3. The second-order valence-electron chi connectivity index (χ2n) is 17.0. The average Bonchev–Trinajstić information content (AvgIpc) is 3.73. The molecule has 2 aliphatic heterocycles. The first kappa shape index (κ1) is 34.9. The number of ether oxygens (including phenoxy) is 2. The van der Waals surface area contributed by atoms with Crippen molar-refractivity contribution < 1.29 is 19.1 Å². The Labute approximate surface area is 311 Å². The third-order valence-corrected chi connectivity index (χ3v) is 11.6. The van der Waals surface area contributed by atoms with Gasteiger partial charge >= 0.3 is 0 Å². The fraction of sp³-hybridized carbons (Fsp3) is 0.442. The molecule has 0 saturated carbocycles. The van der Waals surface area contributed by atoms with E-state index in [4.69, 9.17) is 14.6 Å². The number of benzene rings is 2. The number of aromatic nitrogens is 4. The summed E-state index contributed by atoms with van der Waals surface area (Å²) in [5, 5.41) is 19.9. The number of allylic oxidation sites excluding steroid dienone is 4. The molecule has 2 aromatic carbocycles. The Hall–Kier alpha value is -5.12. The predicted octanol–water partition coefficient (Wildman–Crippen LogP) is 8.96. The third kappa shape index (κ3) is 5.51. The molecule has 2 aliphatic carbocycles. The van der Waals surface area contributed by atoms with E-state index in [-0.39, 0.29) is 40.2 Å². The van der Waals surface area contributed by atoms with Crippen LogP contribution in [0.1, 0.15) is 126 Å². The molecule has 4 aliphatic rings. The van der Waals surface area contributed by atoms with Gasteiger partial charge in [-0.1, -0.05) is 72.7 Å². The van der Waals surface area contributed by atoms with Crippen molar-refractivity contribution in [2.75, 3.05) is 24.4 Å². The first-order chi connectivity index (χ1) is 25.3. The van der Waals surface area contributed by atoms with Crippen molar-refractivity contribution in [1.82, 2.24) is 20.4 Å². The number of Topliss-reactive ketones (excluding diaryl/α,β-unsaturated/α-hetero) is 2. The molecule has 4 heterocycles. The molecule has 4 aromatic rings. The molecule has 10 heteroatoms. The minimum Gasteiger partial charge on any atom is -0.496 e. The van der Waals surface area contributed by atoms with Gasteiger partial charge in [-0.05, 0) is 48.1 Å². The maximum Gasteiger partial charge on any atom is 0.163 e. The molecule has 0 bridgehead atoms. The lowest BCUT2D eigenvalue weighted by atomic mass is 9.68. The summed E-state index contributed by atoms with van der Waals surface area (Å²) in [6.07, 6.45) is 3.09. The lowest BCUT2D eigenvalue weighted by Crippen LogP contribution is -2.38. The number of hydrogen-bond acceptors (Lipinski definition) is 8. The van der Waals surface area contributed by atoms with E-state index >= 15 is 0 Å². The maximum atomic E-state index is 14.5. The van der Waals surface area contributed by atoms with Gasteiger partial charge in [0.05, 0.1) is 19.9 Å². The molecular formula is C43H50N6O4. The van der Waals surface area contributed by atoms with Crippen molar-refractivity contribution in [1.29, 1.82) is 0 Å². The van der Waals surface area contributed by atoms with Crippen LogP contribution >= 0.6 is 0 Å². The number of carbonyl (C=O) groups excluding carboxylic acids is 2. The SMILES string of the molecule is CCc1[nH]nc2c1C(c1ccc(N3C4=C(C(=O)CC(C)(C)C4)C(c4ccccc4OC)c4c3n[nH]c4C(C)C)cc1OC)C1=C(CC(C)(C)CC1=O)N2.